The Hall–Kier alpha value is -9.28. The van der Waals surface area contributed by atoms with Crippen molar-refractivity contribution in [2.45, 2.75) is 38.5 Å². The van der Waals surface area contributed by atoms with E-state index in [0.29, 0.717) is 48.2 Å². The zero-order chi connectivity index (χ0) is 52.0. The van der Waals surface area contributed by atoms with Crippen molar-refractivity contribution in [2.24, 2.45) is 5.41 Å². The van der Waals surface area contributed by atoms with E-state index in [0.717, 1.165) is 23.3 Å². The van der Waals surface area contributed by atoms with Crippen molar-refractivity contribution < 1.29 is 56.4 Å². The van der Waals surface area contributed by atoms with Crippen LogP contribution in [0.4, 0.5) is 20.2 Å². The molecule has 0 bridgehead atoms. The van der Waals surface area contributed by atoms with Crippen LogP contribution < -0.4 is 30.4 Å². The second-order valence-electron chi connectivity index (χ2n) is 16.6. The van der Waals surface area contributed by atoms with Crippen LogP contribution >= 0.6 is 0 Å². The number of benzene rings is 6. The fourth-order valence-electron chi connectivity index (χ4n) is 7.10. The van der Waals surface area contributed by atoms with Gasteiger partial charge in [-0.1, -0.05) is 48.5 Å². The number of carbonyl (C=O) groups is 4. The van der Waals surface area contributed by atoms with Gasteiger partial charge in [-0.25, -0.2) is 28.0 Å². The highest BCUT2D eigenvalue weighted by Crippen LogP contribution is 2.31. The molecular formula is C57H50F2N4O10. The van der Waals surface area contributed by atoms with Crippen molar-refractivity contribution in [2.75, 3.05) is 37.9 Å². The maximum absolute atomic E-state index is 14.6. The third-order valence-corrected chi connectivity index (χ3v) is 10.9. The molecule has 0 spiro atoms. The minimum atomic E-state index is -1.00. The first kappa shape index (κ1) is 53.1. The third kappa shape index (κ3) is 17.0. The standard InChI is InChI=1S/C57H50F2N4O10/c58-49-33-43(15-25-51(49)68-31-3-1-29-60)55(66)72-47-21-9-39(10-22-47)13-27-53(64)70-37-57(35-41-5-17-45(62)18-6-41,36-42-7-19-46(63)20-8-42)38-71-54(65)28-14-40-11-23-48(24-12-40)73-56(67)44-16-26-52(50(59)34-44)69-32-4-2-30-61/h5-28,33-34H,1-4,31-32,35-38,62-63H2/b27-13+,28-14+. The zero-order valence-electron chi connectivity index (χ0n) is 39.5. The topological polar surface area (TPSA) is 223 Å². The van der Waals surface area contributed by atoms with Crippen molar-refractivity contribution in [1.82, 2.24) is 0 Å². The number of carbonyl (C=O) groups excluding carboxylic acids is 4. The smallest absolute Gasteiger partial charge is 0.343 e. The molecule has 0 aromatic heterocycles. The largest absolute Gasteiger partial charge is 0.490 e. The number of rotatable bonds is 24. The van der Waals surface area contributed by atoms with Gasteiger partial charge in [0.15, 0.2) is 23.1 Å². The Morgan fingerprint density at radius 1 is 0.534 bits per heavy atom. The van der Waals surface area contributed by atoms with Crippen LogP contribution in [-0.4, -0.2) is 50.3 Å². The zero-order valence-corrected chi connectivity index (χ0v) is 39.5. The molecular weight excluding hydrogens is 939 g/mol. The van der Waals surface area contributed by atoms with Gasteiger partial charge in [0.1, 0.15) is 24.7 Å². The van der Waals surface area contributed by atoms with Gasteiger partial charge in [0.25, 0.3) is 0 Å². The van der Waals surface area contributed by atoms with Gasteiger partial charge < -0.3 is 39.9 Å². The van der Waals surface area contributed by atoms with Crippen LogP contribution in [0.2, 0.25) is 0 Å². The summed E-state index contributed by atoms with van der Waals surface area (Å²) < 4.78 is 62.4. The summed E-state index contributed by atoms with van der Waals surface area (Å²) in [5, 5.41) is 17.3. The number of nitrogens with two attached hydrogens (primary N) is 2. The third-order valence-electron chi connectivity index (χ3n) is 10.9. The summed E-state index contributed by atoms with van der Waals surface area (Å²) in [6.45, 7) is -0.0566. The van der Waals surface area contributed by atoms with Crippen LogP contribution in [0.15, 0.2) is 146 Å². The lowest BCUT2D eigenvalue weighted by Crippen LogP contribution is -2.38. The summed E-state index contributed by atoms with van der Waals surface area (Å²) in [6, 6.07) is 38.2. The van der Waals surface area contributed by atoms with Crippen LogP contribution in [0.5, 0.6) is 23.0 Å². The number of nitrogens with zero attached hydrogens (tertiary/aromatic N) is 2. The van der Waals surface area contributed by atoms with Crippen LogP contribution in [0.1, 0.15) is 68.7 Å². The van der Waals surface area contributed by atoms with Gasteiger partial charge in [0, 0.05) is 41.8 Å². The summed E-state index contributed by atoms with van der Waals surface area (Å²) in [7, 11) is 0. The number of hydrogen-bond acceptors (Lipinski definition) is 14. The number of unbranched alkanes of at least 4 members (excludes halogenated alkanes) is 2. The number of hydrogen-bond donors (Lipinski definition) is 2. The molecule has 0 aliphatic carbocycles. The molecule has 0 amide bonds. The summed E-state index contributed by atoms with van der Waals surface area (Å²) in [5.41, 5.74) is 14.8. The monoisotopic (exact) mass is 988 g/mol. The van der Waals surface area contributed by atoms with E-state index in [1.807, 2.05) is 36.4 Å². The number of halogens is 2. The molecule has 0 radical (unpaired) electrons. The molecule has 14 nitrogen and oxygen atoms in total. The van der Waals surface area contributed by atoms with E-state index in [2.05, 4.69) is 0 Å². The van der Waals surface area contributed by atoms with Crippen LogP contribution in [0.3, 0.4) is 0 Å². The van der Waals surface area contributed by atoms with E-state index in [1.54, 1.807) is 48.5 Å². The Balaban J connectivity index is 1.09. The molecule has 4 N–H and O–H groups in total. The molecule has 0 aliphatic heterocycles. The predicted molar refractivity (Wildman–Crippen MR) is 268 cm³/mol. The van der Waals surface area contributed by atoms with Gasteiger partial charge in [-0.05, 0) is 145 Å². The van der Waals surface area contributed by atoms with Gasteiger partial charge in [0.05, 0.1) is 36.5 Å². The normalized spacial score (nSPS) is 11.1. The highest BCUT2D eigenvalue weighted by Gasteiger charge is 2.35. The lowest BCUT2D eigenvalue weighted by atomic mass is 9.77. The molecule has 73 heavy (non-hydrogen) atoms. The molecule has 372 valence electrons. The molecule has 0 aliphatic rings. The highest BCUT2D eigenvalue weighted by molar-refractivity contribution is 5.92. The Labute approximate surface area is 420 Å². The second kappa shape index (κ2) is 26.6. The first-order valence-corrected chi connectivity index (χ1v) is 22.9. The molecule has 0 heterocycles. The van der Waals surface area contributed by atoms with Gasteiger partial charge in [0.2, 0.25) is 0 Å². The first-order valence-electron chi connectivity index (χ1n) is 22.9. The molecule has 0 saturated heterocycles. The lowest BCUT2D eigenvalue weighted by molar-refractivity contribution is -0.148. The van der Waals surface area contributed by atoms with E-state index >= 15 is 0 Å². The summed E-state index contributed by atoms with van der Waals surface area (Å²) >= 11 is 0. The maximum atomic E-state index is 14.6. The van der Waals surface area contributed by atoms with E-state index < -0.39 is 40.9 Å². The number of nitrogen functional groups attached to an aromatic ring is 2. The SMILES string of the molecule is N#CCCCOc1ccc(C(=O)Oc2ccc(/C=C/C(=O)OCC(COC(=O)/C=C/c3ccc(OC(=O)c4ccc(OCCCC#N)c(F)c4)cc3)(Cc3ccc(N)cc3)Cc3ccc(N)cc3)cc2)cc1F. The van der Waals surface area contributed by atoms with Crippen molar-refractivity contribution in [1.29, 1.82) is 10.5 Å². The first-order chi connectivity index (χ1) is 35.3. The minimum absolute atomic E-state index is 0.0355. The molecule has 0 saturated carbocycles. The average molecular weight is 989 g/mol. The van der Waals surface area contributed by atoms with E-state index in [4.69, 9.17) is 50.4 Å². The van der Waals surface area contributed by atoms with Crippen molar-refractivity contribution >= 4 is 47.4 Å². The molecule has 16 heteroatoms. The second-order valence-corrected chi connectivity index (χ2v) is 16.6. The van der Waals surface area contributed by atoms with Crippen LogP contribution in [-0.2, 0) is 31.9 Å². The van der Waals surface area contributed by atoms with E-state index in [9.17, 15) is 28.0 Å². The average Bonchev–Trinajstić information content (AvgIpc) is 3.39. The van der Waals surface area contributed by atoms with Crippen molar-refractivity contribution in [3.63, 3.8) is 0 Å². The number of esters is 4. The molecule has 0 fully saturated rings. The van der Waals surface area contributed by atoms with Gasteiger partial charge in [-0.2, -0.15) is 10.5 Å². The van der Waals surface area contributed by atoms with Crippen molar-refractivity contribution in [3.8, 4) is 35.1 Å². The number of ether oxygens (including phenoxy) is 6. The fourth-order valence-corrected chi connectivity index (χ4v) is 7.10. The quantitative estimate of drug-likeness (QED) is 0.0189. The summed E-state index contributed by atoms with van der Waals surface area (Å²) in [4.78, 5) is 52.2. The maximum Gasteiger partial charge on any atom is 0.343 e. The molecule has 0 atom stereocenters. The highest BCUT2D eigenvalue weighted by atomic mass is 19.1. The Kier molecular flexibility index (Phi) is 19.4. The van der Waals surface area contributed by atoms with Gasteiger partial charge >= 0.3 is 23.9 Å². The number of anilines is 2. The summed E-state index contributed by atoms with van der Waals surface area (Å²) in [6.07, 6.45) is 7.51. The predicted octanol–water partition coefficient (Wildman–Crippen LogP) is 10.2. The van der Waals surface area contributed by atoms with Gasteiger partial charge in [-0.15, -0.1) is 0 Å². The Morgan fingerprint density at radius 2 is 0.918 bits per heavy atom. The lowest BCUT2D eigenvalue weighted by Gasteiger charge is -2.33. The number of nitriles is 2. The molecule has 6 rings (SSSR count). The molecule has 6 aromatic rings. The summed E-state index contributed by atoms with van der Waals surface area (Å²) in [5.74, 6) is -4.20. The molecule has 0 unspecified atom stereocenters. The Bertz CT molecular complexity index is 2800. The van der Waals surface area contributed by atoms with E-state index in [1.165, 1.54) is 72.8 Å². The van der Waals surface area contributed by atoms with Crippen LogP contribution in [0, 0.1) is 39.7 Å². The fraction of sp³-hybridized carbons (Fsp3) is 0.193. The minimum Gasteiger partial charge on any atom is -0.490 e. The van der Waals surface area contributed by atoms with E-state index in [-0.39, 0.29) is 73.4 Å². The van der Waals surface area contributed by atoms with Crippen LogP contribution in [0.25, 0.3) is 12.2 Å². The van der Waals surface area contributed by atoms with Crippen molar-refractivity contribution in [3.05, 3.63) is 191 Å². The van der Waals surface area contributed by atoms with Gasteiger partial charge in [-0.3, -0.25) is 0 Å². The molecule has 6 aromatic carbocycles. The Morgan fingerprint density at radius 3 is 1.27 bits per heavy atom.